The molecule has 1 atom stereocenters. The van der Waals surface area contributed by atoms with E-state index in [1.54, 1.807) is 30.0 Å². The Labute approximate surface area is 197 Å². The lowest BCUT2D eigenvalue weighted by atomic mass is 10.1. The fourth-order valence-electron chi connectivity index (χ4n) is 2.78. The SMILES string of the molecule is CCCNC(=O)[C@H](C)N(Cc1ccc(Cl)cc1Cl)C(=O)CSCc1cccc(Cl)c1. The van der Waals surface area contributed by atoms with Gasteiger partial charge in [-0.3, -0.25) is 9.59 Å². The molecule has 0 heterocycles. The fraction of sp³-hybridized carbons (Fsp3) is 0.364. The first kappa shape index (κ1) is 24.9. The minimum atomic E-state index is -0.623. The highest BCUT2D eigenvalue weighted by molar-refractivity contribution is 7.99. The summed E-state index contributed by atoms with van der Waals surface area (Å²) in [5.74, 6) is 0.573. The zero-order valence-electron chi connectivity index (χ0n) is 17.0. The number of thioether (sulfide) groups is 1. The van der Waals surface area contributed by atoms with Crippen molar-refractivity contribution < 1.29 is 9.59 Å². The molecule has 2 aromatic rings. The first-order chi connectivity index (χ1) is 14.3. The van der Waals surface area contributed by atoms with Crippen molar-refractivity contribution >= 4 is 58.4 Å². The number of rotatable bonds is 10. The lowest BCUT2D eigenvalue weighted by molar-refractivity contribution is -0.138. The molecule has 8 heteroatoms. The molecule has 30 heavy (non-hydrogen) atoms. The molecule has 0 saturated carbocycles. The number of nitrogens with one attached hydrogen (secondary N) is 1. The Bertz CT molecular complexity index is 879. The second kappa shape index (κ2) is 12.5. The predicted octanol–water partition coefficient (Wildman–Crippen LogP) is 5.82. The zero-order chi connectivity index (χ0) is 22.1. The van der Waals surface area contributed by atoms with Crippen LogP contribution < -0.4 is 5.32 Å². The monoisotopic (exact) mass is 486 g/mol. The summed E-state index contributed by atoms with van der Waals surface area (Å²) in [4.78, 5) is 27.1. The summed E-state index contributed by atoms with van der Waals surface area (Å²) in [5, 5.41) is 4.51. The van der Waals surface area contributed by atoms with Crippen LogP contribution >= 0.6 is 46.6 Å². The Morgan fingerprint density at radius 3 is 2.50 bits per heavy atom. The van der Waals surface area contributed by atoms with E-state index in [9.17, 15) is 9.59 Å². The van der Waals surface area contributed by atoms with Crippen molar-refractivity contribution in [3.8, 4) is 0 Å². The van der Waals surface area contributed by atoms with E-state index in [0.717, 1.165) is 17.5 Å². The van der Waals surface area contributed by atoms with Gasteiger partial charge in [-0.15, -0.1) is 11.8 Å². The second-order valence-electron chi connectivity index (χ2n) is 6.85. The molecule has 0 aliphatic rings. The van der Waals surface area contributed by atoms with Crippen LogP contribution in [0, 0.1) is 0 Å². The molecule has 2 rings (SSSR count). The molecule has 0 fully saturated rings. The number of hydrogen-bond donors (Lipinski definition) is 1. The number of nitrogens with zero attached hydrogens (tertiary/aromatic N) is 1. The second-order valence-corrected chi connectivity index (χ2v) is 9.11. The Morgan fingerprint density at radius 2 is 1.83 bits per heavy atom. The molecule has 2 aromatic carbocycles. The van der Waals surface area contributed by atoms with E-state index in [-0.39, 0.29) is 24.1 Å². The average molecular weight is 488 g/mol. The van der Waals surface area contributed by atoms with Gasteiger partial charge >= 0.3 is 0 Å². The van der Waals surface area contributed by atoms with Crippen molar-refractivity contribution in [1.82, 2.24) is 10.2 Å². The predicted molar refractivity (Wildman–Crippen MR) is 127 cm³/mol. The Morgan fingerprint density at radius 1 is 1.10 bits per heavy atom. The molecule has 162 valence electrons. The van der Waals surface area contributed by atoms with E-state index in [2.05, 4.69) is 5.32 Å². The highest BCUT2D eigenvalue weighted by atomic mass is 35.5. The molecule has 2 amide bonds. The third-order valence-corrected chi connectivity index (χ3v) is 6.27. The van der Waals surface area contributed by atoms with Gasteiger partial charge in [-0.05, 0) is 48.7 Å². The van der Waals surface area contributed by atoms with E-state index >= 15 is 0 Å². The first-order valence-corrected chi connectivity index (χ1v) is 11.9. The van der Waals surface area contributed by atoms with E-state index in [1.807, 2.05) is 31.2 Å². The number of hydrogen-bond acceptors (Lipinski definition) is 3. The van der Waals surface area contributed by atoms with Gasteiger partial charge in [0, 0.05) is 33.9 Å². The van der Waals surface area contributed by atoms with Crippen LogP contribution in [-0.2, 0) is 21.9 Å². The van der Waals surface area contributed by atoms with Crippen molar-refractivity contribution in [3.63, 3.8) is 0 Å². The summed E-state index contributed by atoms with van der Waals surface area (Å²) < 4.78 is 0. The lowest BCUT2D eigenvalue weighted by Crippen LogP contribution is -2.48. The van der Waals surface area contributed by atoms with Gasteiger partial charge in [-0.25, -0.2) is 0 Å². The van der Waals surface area contributed by atoms with Crippen molar-refractivity contribution in [3.05, 3.63) is 68.7 Å². The molecule has 0 aromatic heterocycles. The molecule has 0 saturated heterocycles. The quantitative estimate of drug-likeness (QED) is 0.459. The van der Waals surface area contributed by atoms with Crippen molar-refractivity contribution in [2.24, 2.45) is 0 Å². The maximum atomic E-state index is 13.0. The van der Waals surface area contributed by atoms with Gasteiger partial charge in [0.15, 0.2) is 0 Å². The fourth-order valence-corrected chi connectivity index (χ4v) is 4.32. The Balaban J connectivity index is 2.10. The Kier molecular flexibility index (Phi) is 10.3. The van der Waals surface area contributed by atoms with Crippen LogP contribution in [-0.4, -0.2) is 35.1 Å². The first-order valence-electron chi connectivity index (χ1n) is 9.65. The number of carbonyl (C=O) groups is 2. The molecule has 0 aliphatic carbocycles. The third kappa shape index (κ3) is 7.69. The van der Waals surface area contributed by atoms with Crippen LogP contribution in [0.4, 0.5) is 0 Å². The number of benzene rings is 2. The van der Waals surface area contributed by atoms with Crippen LogP contribution in [0.15, 0.2) is 42.5 Å². The van der Waals surface area contributed by atoms with Crippen LogP contribution in [0.3, 0.4) is 0 Å². The molecule has 0 radical (unpaired) electrons. The Hall–Kier alpha value is -1.40. The van der Waals surface area contributed by atoms with Crippen LogP contribution in [0.2, 0.25) is 15.1 Å². The number of halogens is 3. The molecule has 1 N–H and O–H groups in total. The molecule has 4 nitrogen and oxygen atoms in total. The van der Waals surface area contributed by atoms with E-state index in [4.69, 9.17) is 34.8 Å². The summed E-state index contributed by atoms with van der Waals surface area (Å²) in [6, 6.07) is 12.1. The largest absolute Gasteiger partial charge is 0.354 e. The highest BCUT2D eigenvalue weighted by Gasteiger charge is 2.26. The van der Waals surface area contributed by atoms with Crippen molar-refractivity contribution in [2.45, 2.75) is 38.6 Å². The normalized spacial score (nSPS) is 11.8. The molecular formula is C22H25Cl3N2O2S. The molecule has 0 unspecified atom stereocenters. The molecule has 0 spiro atoms. The van der Waals surface area contributed by atoms with Gasteiger partial charge < -0.3 is 10.2 Å². The van der Waals surface area contributed by atoms with Gasteiger partial charge in [-0.1, -0.05) is 59.9 Å². The highest BCUT2D eigenvalue weighted by Crippen LogP contribution is 2.24. The average Bonchev–Trinajstić information content (AvgIpc) is 2.71. The molecular weight excluding hydrogens is 463 g/mol. The zero-order valence-corrected chi connectivity index (χ0v) is 20.0. The van der Waals surface area contributed by atoms with Gasteiger partial charge in [0.2, 0.25) is 11.8 Å². The summed E-state index contributed by atoms with van der Waals surface area (Å²) in [6.07, 6.45) is 0.824. The van der Waals surface area contributed by atoms with Crippen molar-refractivity contribution in [2.75, 3.05) is 12.3 Å². The summed E-state index contributed by atoms with van der Waals surface area (Å²) >= 11 is 19.8. The molecule has 0 bridgehead atoms. The molecule has 0 aliphatic heterocycles. The van der Waals surface area contributed by atoms with Gasteiger partial charge in [0.1, 0.15) is 6.04 Å². The van der Waals surface area contributed by atoms with Gasteiger partial charge in [0.05, 0.1) is 5.75 Å². The van der Waals surface area contributed by atoms with E-state index in [0.29, 0.717) is 27.4 Å². The summed E-state index contributed by atoms with van der Waals surface area (Å²) in [5.41, 5.74) is 1.78. The topological polar surface area (TPSA) is 49.4 Å². The number of amides is 2. The van der Waals surface area contributed by atoms with Crippen LogP contribution in [0.5, 0.6) is 0 Å². The van der Waals surface area contributed by atoms with Crippen LogP contribution in [0.25, 0.3) is 0 Å². The van der Waals surface area contributed by atoms with E-state index < -0.39 is 6.04 Å². The minimum absolute atomic E-state index is 0.132. The van der Waals surface area contributed by atoms with E-state index in [1.165, 1.54) is 11.8 Å². The van der Waals surface area contributed by atoms with Crippen molar-refractivity contribution in [1.29, 1.82) is 0 Å². The van der Waals surface area contributed by atoms with Gasteiger partial charge in [-0.2, -0.15) is 0 Å². The summed E-state index contributed by atoms with van der Waals surface area (Å²) in [6.45, 7) is 4.51. The maximum absolute atomic E-state index is 13.0. The minimum Gasteiger partial charge on any atom is -0.354 e. The smallest absolute Gasteiger partial charge is 0.242 e. The standard InChI is InChI=1S/C22H25Cl3N2O2S/c1-3-9-26-22(29)15(2)27(12-17-7-8-19(24)11-20(17)25)21(28)14-30-13-16-5-4-6-18(23)10-16/h4-8,10-11,15H,3,9,12-14H2,1-2H3,(H,26,29)/t15-/m0/s1. The lowest BCUT2D eigenvalue weighted by Gasteiger charge is -2.29. The third-order valence-electron chi connectivity index (χ3n) is 4.46. The number of carbonyl (C=O) groups excluding carboxylic acids is 2. The summed E-state index contributed by atoms with van der Waals surface area (Å²) in [7, 11) is 0. The van der Waals surface area contributed by atoms with Gasteiger partial charge in [0.25, 0.3) is 0 Å². The van der Waals surface area contributed by atoms with Crippen LogP contribution in [0.1, 0.15) is 31.4 Å². The maximum Gasteiger partial charge on any atom is 0.242 e.